The van der Waals surface area contributed by atoms with Gasteiger partial charge >= 0.3 is 0 Å². The second-order valence-corrected chi connectivity index (χ2v) is 1.89. The Kier molecular flexibility index (Phi) is 2.04. The third-order valence-corrected chi connectivity index (χ3v) is 1.06. The van der Waals surface area contributed by atoms with Crippen molar-refractivity contribution in [1.29, 1.82) is 0 Å². The van der Waals surface area contributed by atoms with Gasteiger partial charge in [-0.3, -0.25) is 0 Å². The molecule has 0 aliphatic carbocycles. The van der Waals surface area contributed by atoms with Gasteiger partial charge in [-0.25, -0.2) is 0 Å². The zero-order valence-electron chi connectivity index (χ0n) is 5.86. The van der Waals surface area contributed by atoms with Gasteiger partial charge in [-0.05, 0) is 6.92 Å². The quantitative estimate of drug-likeness (QED) is 0.603. The number of nitrogens with zero attached hydrogens (tertiary/aromatic N) is 3. The lowest BCUT2D eigenvalue weighted by Crippen LogP contribution is -1.99. The molecule has 0 aromatic carbocycles. The van der Waals surface area contributed by atoms with Crippen LogP contribution in [0.3, 0.4) is 0 Å². The van der Waals surface area contributed by atoms with Crippen LogP contribution in [0.5, 0.6) is 0 Å². The molecule has 0 fully saturated rings. The lowest BCUT2D eigenvalue weighted by atomic mass is 10.5. The molecule has 0 bridgehead atoms. The van der Waals surface area contributed by atoms with Crippen LogP contribution in [0.15, 0.2) is 18.3 Å². The number of anilines is 1. The molecule has 1 heterocycles. The topological polar surface area (TPSA) is 56.7 Å². The molecule has 0 unspecified atom stereocenters. The lowest BCUT2D eigenvalue weighted by molar-refractivity contribution is 0.603. The van der Waals surface area contributed by atoms with Gasteiger partial charge in [0.2, 0.25) is 0 Å². The summed E-state index contributed by atoms with van der Waals surface area (Å²) in [5.41, 5.74) is 5.33. The van der Waals surface area contributed by atoms with E-state index in [2.05, 4.69) is 10.2 Å². The summed E-state index contributed by atoms with van der Waals surface area (Å²) in [6.07, 6.45) is 5.43. The Morgan fingerprint density at radius 2 is 2.60 bits per heavy atom. The van der Waals surface area contributed by atoms with E-state index in [1.54, 1.807) is 0 Å². The molecule has 1 rings (SSSR count). The van der Waals surface area contributed by atoms with E-state index in [0.29, 0.717) is 12.4 Å². The van der Waals surface area contributed by atoms with Crippen molar-refractivity contribution in [2.45, 2.75) is 13.5 Å². The Balaban J connectivity index is 2.58. The standard InChI is InChI=1S/C6H10N4/c1-2-3-4-10-8-5-6(7)9-10/h2-3,5H,4H2,1H3,(H2,7,9)/b3-2+. The SMILES string of the molecule is C/C=C/Cn1ncc(N)n1. The normalized spacial score (nSPS) is 10.9. The molecule has 0 aliphatic rings. The maximum Gasteiger partial charge on any atom is 0.165 e. The fourth-order valence-corrected chi connectivity index (χ4v) is 0.598. The lowest BCUT2D eigenvalue weighted by Gasteiger charge is -1.89. The summed E-state index contributed by atoms with van der Waals surface area (Å²) >= 11 is 0. The maximum atomic E-state index is 5.33. The van der Waals surface area contributed by atoms with Crippen molar-refractivity contribution in [3.8, 4) is 0 Å². The first-order valence-corrected chi connectivity index (χ1v) is 3.09. The number of nitrogens with two attached hydrogens (primary N) is 1. The van der Waals surface area contributed by atoms with Crippen molar-refractivity contribution in [2.75, 3.05) is 5.73 Å². The largest absolute Gasteiger partial charge is 0.381 e. The van der Waals surface area contributed by atoms with Crippen molar-refractivity contribution in [2.24, 2.45) is 0 Å². The van der Waals surface area contributed by atoms with Crippen molar-refractivity contribution in [3.63, 3.8) is 0 Å². The summed E-state index contributed by atoms with van der Waals surface area (Å²) in [5.74, 6) is 0.463. The predicted molar refractivity (Wildman–Crippen MR) is 39.2 cm³/mol. The van der Waals surface area contributed by atoms with Gasteiger partial charge < -0.3 is 5.73 Å². The van der Waals surface area contributed by atoms with Gasteiger partial charge in [-0.1, -0.05) is 12.2 Å². The summed E-state index contributed by atoms with van der Waals surface area (Å²) in [6.45, 7) is 2.64. The molecule has 0 saturated heterocycles. The molecule has 0 atom stereocenters. The number of rotatable bonds is 2. The van der Waals surface area contributed by atoms with Gasteiger partial charge in [-0.2, -0.15) is 9.90 Å². The van der Waals surface area contributed by atoms with Crippen LogP contribution < -0.4 is 5.73 Å². The minimum atomic E-state index is 0.463. The van der Waals surface area contributed by atoms with Crippen LogP contribution in [0.1, 0.15) is 6.92 Å². The molecule has 4 heteroatoms. The van der Waals surface area contributed by atoms with E-state index in [-0.39, 0.29) is 0 Å². The first-order chi connectivity index (χ1) is 4.83. The fourth-order valence-electron chi connectivity index (χ4n) is 0.598. The van der Waals surface area contributed by atoms with Crippen LogP contribution in [-0.4, -0.2) is 15.0 Å². The van der Waals surface area contributed by atoms with Crippen molar-refractivity contribution >= 4 is 5.82 Å². The van der Waals surface area contributed by atoms with Gasteiger partial charge in [0, 0.05) is 0 Å². The highest BCUT2D eigenvalue weighted by Crippen LogP contribution is 1.90. The second-order valence-electron chi connectivity index (χ2n) is 1.89. The molecule has 0 amide bonds. The first kappa shape index (κ1) is 6.80. The van der Waals surface area contributed by atoms with Crippen LogP contribution in [0.25, 0.3) is 0 Å². The second kappa shape index (κ2) is 3.00. The van der Waals surface area contributed by atoms with Crippen LogP contribution in [0.4, 0.5) is 5.82 Å². The summed E-state index contributed by atoms with van der Waals surface area (Å²) in [7, 11) is 0. The average molecular weight is 138 g/mol. The summed E-state index contributed by atoms with van der Waals surface area (Å²) in [4.78, 5) is 1.54. The Morgan fingerprint density at radius 3 is 3.10 bits per heavy atom. The molecule has 0 saturated carbocycles. The molecular weight excluding hydrogens is 128 g/mol. The van der Waals surface area contributed by atoms with Crippen LogP contribution in [0.2, 0.25) is 0 Å². The maximum absolute atomic E-state index is 5.33. The molecule has 54 valence electrons. The van der Waals surface area contributed by atoms with Gasteiger partial charge in [0.05, 0.1) is 12.7 Å². The Hall–Kier alpha value is -1.32. The molecule has 1 aromatic heterocycles. The summed E-state index contributed by atoms with van der Waals surface area (Å²) in [6, 6.07) is 0. The van der Waals surface area contributed by atoms with E-state index in [4.69, 9.17) is 5.73 Å². The monoisotopic (exact) mass is 138 g/mol. The smallest absolute Gasteiger partial charge is 0.165 e. The number of hydrogen-bond acceptors (Lipinski definition) is 3. The molecule has 0 radical (unpaired) electrons. The van der Waals surface area contributed by atoms with Crippen LogP contribution in [0, 0.1) is 0 Å². The van der Waals surface area contributed by atoms with Gasteiger partial charge in [0.25, 0.3) is 0 Å². The molecule has 10 heavy (non-hydrogen) atoms. The van der Waals surface area contributed by atoms with E-state index in [1.807, 2.05) is 19.1 Å². The molecule has 2 N–H and O–H groups in total. The first-order valence-electron chi connectivity index (χ1n) is 3.09. The van der Waals surface area contributed by atoms with E-state index in [9.17, 15) is 0 Å². The minimum Gasteiger partial charge on any atom is -0.381 e. The number of nitrogen functional groups attached to an aromatic ring is 1. The van der Waals surface area contributed by atoms with Gasteiger partial charge in [-0.15, -0.1) is 5.10 Å². The summed E-state index contributed by atoms with van der Waals surface area (Å²) in [5, 5.41) is 7.76. The number of allylic oxidation sites excluding steroid dienone is 2. The molecule has 4 nitrogen and oxygen atoms in total. The predicted octanol–water partition coefficient (Wildman–Crippen LogP) is 0.436. The average Bonchev–Trinajstić information content (AvgIpc) is 2.31. The number of aromatic nitrogens is 3. The van der Waals surface area contributed by atoms with E-state index < -0.39 is 0 Å². The van der Waals surface area contributed by atoms with E-state index in [1.165, 1.54) is 11.0 Å². The molecular formula is C6H10N4. The minimum absolute atomic E-state index is 0.463. The Labute approximate surface area is 59.3 Å². The summed E-state index contributed by atoms with van der Waals surface area (Å²) < 4.78 is 0. The Bertz CT molecular complexity index is 225. The zero-order valence-corrected chi connectivity index (χ0v) is 5.86. The Morgan fingerprint density at radius 1 is 1.80 bits per heavy atom. The highest BCUT2D eigenvalue weighted by atomic mass is 15.5. The third-order valence-electron chi connectivity index (χ3n) is 1.06. The van der Waals surface area contributed by atoms with Gasteiger partial charge in [0.15, 0.2) is 5.82 Å². The third kappa shape index (κ3) is 1.58. The molecule has 0 spiro atoms. The molecule has 1 aromatic rings. The highest BCUT2D eigenvalue weighted by molar-refractivity contribution is 5.19. The number of hydrogen-bond donors (Lipinski definition) is 1. The van der Waals surface area contributed by atoms with Crippen molar-refractivity contribution in [1.82, 2.24) is 15.0 Å². The van der Waals surface area contributed by atoms with Crippen LogP contribution >= 0.6 is 0 Å². The van der Waals surface area contributed by atoms with E-state index >= 15 is 0 Å². The van der Waals surface area contributed by atoms with Crippen molar-refractivity contribution < 1.29 is 0 Å². The van der Waals surface area contributed by atoms with Crippen molar-refractivity contribution in [3.05, 3.63) is 18.3 Å². The van der Waals surface area contributed by atoms with Gasteiger partial charge in [0.1, 0.15) is 0 Å². The fraction of sp³-hybridized carbons (Fsp3) is 0.333. The zero-order chi connectivity index (χ0) is 7.40. The highest BCUT2D eigenvalue weighted by Gasteiger charge is 1.90. The van der Waals surface area contributed by atoms with E-state index in [0.717, 1.165) is 0 Å². The molecule has 0 aliphatic heterocycles. The van der Waals surface area contributed by atoms with Crippen LogP contribution in [-0.2, 0) is 6.54 Å².